The zero-order valence-electron chi connectivity index (χ0n) is 11.4. The van der Waals surface area contributed by atoms with Crippen LogP contribution in [-0.4, -0.2) is 0 Å². The Bertz CT molecular complexity index is 773. The minimum atomic E-state index is -5.24. The van der Waals surface area contributed by atoms with E-state index in [4.69, 9.17) is 33.7 Å². The van der Waals surface area contributed by atoms with Gasteiger partial charge in [-0.3, -0.25) is 0 Å². The number of anilines is 1. The lowest BCUT2D eigenvalue weighted by molar-refractivity contribution is -0.162. The maximum atomic E-state index is 12.9. The van der Waals surface area contributed by atoms with Crippen molar-refractivity contribution in [2.75, 3.05) is 5.73 Å². The lowest BCUT2D eigenvalue weighted by Crippen LogP contribution is -2.17. The number of nitrogens with two attached hydrogens (primary N) is 1. The van der Waals surface area contributed by atoms with Crippen LogP contribution in [0.2, 0.25) is 10.0 Å². The summed E-state index contributed by atoms with van der Waals surface area (Å²) in [4.78, 5) is 0. The monoisotopic (exact) mass is 389 g/mol. The Balaban J connectivity index is 2.53. The molecule has 0 aliphatic carbocycles. The molecule has 0 unspecified atom stereocenters. The number of nitrogen functional groups attached to an aromatic ring is 1. The minimum absolute atomic E-state index is 0.0380. The SMILES string of the molecule is Nc1cc(C(F)(F)F)c(C(F)(F)F)cc1Oc1ccc(Cl)c(Cl)c1. The van der Waals surface area contributed by atoms with E-state index in [1.807, 2.05) is 0 Å². The molecule has 2 aromatic rings. The average Bonchev–Trinajstić information content (AvgIpc) is 2.42. The van der Waals surface area contributed by atoms with E-state index in [0.29, 0.717) is 0 Å². The summed E-state index contributed by atoms with van der Waals surface area (Å²) in [5.41, 5.74) is 0.987. The number of hydrogen-bond acceptors (Lipinski definition) is 2. The van der Waals surface area contributed by atoms with Crippen LogP contribution >= 0.6 is 23.2 Å². The van der Waals surface area contributed by atoms with Crippen molar-refractivity contribution in [3.05, 3.63) is 51.5 Å². The Hall–Kier alpha value is -1.80. The molecule has 0 amide bonds. The van der Waals surface area contributed by atoms with Crippen molar-refractivity contribution in [3.8, 4) is 11.5 Å². The molecule has 2 aromatic carbocycles. The molecule has 0 atom stereocenters. The molecule has 10 heteroatoms. The molecule has 2 nitrogen and oxygen atoms in total. The van der Waals surface area contributed by atoms with Gasteiger partial charge in [0.25, 0.3) is 0 Å². The van der Waals surface area contributed by atoms with Crippen LogP contribution in [0.5, 0.6) is 11.5 Å². The van der Waals surface area contributed by atoms with Gasteiger partial charge in [0.2, 0.25) is 0 Å². The lowest BCUT2D eigenvalue weighted by Gasteiger charge is -2.18. The van der Waals surface area contributed by atoms with Crippen LogP contribution < -0.4 is 10.5 Å². The van der Waals surface area contributed by atoms with E-state index in [2.05, 4.69) is 0 Å². The van der Waals surface area contributed by atoms with E-state index in [0.717, 1.165) is 0 Å². The van der Waals surface area contributed by atoms with Crippen LogP contribution in [0.25, 0.3) is 0 Å². The number of hydrogen-bond donors (Lipinski definition) is 1. The van der Waals surface area contributed by atoms with Gasteiger partial charge in [0.1, 0.15) is 5.75 Å². The molecule has 0 heterocycles. The fraction of sp³-hybridized carbons (Fsp3) is 0.143. The molecule has 0 bridgehead atoms. The largest absolute Gasteiger partial charge is 0.455 e. The fourth-order valence-corrected chi connectivity index (χ4v) is 2.11. The molecule has 0 aliphatic heterocycles. The molecule has 2 rings (SSSR count). The molecule has 0 radical (unpaired) electrons. The second-order valence-electron chi connectivity index (χ2n) is 4.61. The standard InChI is InChI=1S/C14H7Cl2F6NO/c15-9-2-1-6(3-10(9)16)24-12-5-8(14(20,21)22)7(4-11(12)23)13(17,18)19/h1-5H,23H2. The summed E-state index contributed by atoms with van der Waals surface area (Å²) in [5.74, 6) is -0.627. The molecule has 0 fully saturated rings. The highest BCUT2D eigenvalue weighted by atomic mass is 35.5. The third kappa shape index (κ3) is 3.99. The number of alkyl halides is 6. The van der Waals surface area contributed by atoms with Crippen molar-refractivity contribution in [2.45, 2.75) is 12.4 Å². The molecule has 2 N–H and O–H groups in total. The van der Waals surface area contributed by atoms with Crippen molar-refractivity contribution in [2.24, 2.45) is 0 Å². The molecule has 0 aromatic heterocycles. The van der Waals surface area contributed by atoms with E-state index >= 15 is 0 Å². The first-order chi connectivity index (χ1) is 10.9. The van der Waals surface area contributed by atoms with Crippen molar-refractivity contribution < 1.29 is 31.1 Å². The highest BCUT2D eigenvalue weighted by molar-refractivity contribution is 6.42. The van der Waals surface area contributed by atoms with Crippen LogP contribution in [0.1, 0.15) is 11.1 Å². The number of benzene rings is 2. The highest BCUT2D eigenvalue weighted by Crippen LogP contribution is 2.44. The molecule has 0 saturated heterocycles. The summed E-state index contributed by atoms with van der Waals surface area (Å²) in [6.07, 6.45) is -10.5. The Kier molecular flexibility index (Phi) is 4.83. The Morgan fingerprint density at radius 3 is 1.83 bits per heavy atom. The first-order valence-corrected chi connectivity index (χ1v) is 6.86. The topological polar surface area (TPSA) is 35.2 Å². The third-order valence-electron chi connectivity index (χ3n) is 2.88. The van der Waals surface area contributed by atoms with Crippen molar-refractivity contribution in [3.63, 3.8) is 0 Å². The summed E-state index contributed by atoms with van der Waals surface area (Å²) >= 11 is 11.4. The van der Waals surface area contributed by atoms with Crippen LogP contribution in [-0.2, 0) is 12.4 Å². The Labute approximate surface area is 141 Å². The smallest absolute Gasteiger partial charge is 0.417 e. The van der Waals surface area contributed by atoms with E-state index in [-0.39, 0.29) is 27.9 Å². The quantitative estimate of drug-likeness (QED) is 0.476. The third-order valence-corrected chi connectivity index (χ3v) is 3.62. The minimum Gasteiger partial charge on any atom is -0.455 e. The van der Waals surface area contributed by atoms with Gasteiger partial charge in [0.15, 0.2) is 5.75 Å². The number of ether oxygens (including phenoxy) is 1. The molecule has 24 heavy (non-hydrogen) atoms. The van der Waals surface area contributed by atoms with Crippen molar-refractivity contribution in [1.29, 1.82) is 0 Å². The van der Waals surface area contributed by atoms with Gasteiger partial charge in [0.05, 0.1) is 26.9 Å². The molecular weight excluding hydrogens is 383 g/mol. The molecule has 0 aliphatic rings. The molecular formula is C14H7Cl2F6NO. The van der Waals surface area contributed by atoms with E-state index in [1.54, 1.807) is 0 Å². The van der Waals surface area contributed by atoms with Gasteiger partial charge in [-0.25, -0.2) is 0 Å². The van der Waals surface area contributed by atoms with Crippen LogP contribution in [0.15, 0.2) is 30.3 Å². The predicted octanol–water partition coefficient (Wildman–Crippen LogP) is 6.41. The fourth-order valence-electron chi connectivity index (χ4n) is 1.82. The van der Waals surface area contributed by atoms with E-state index in [1.165, 1.54) is 18.2 Å². The van der Waals surface area contributed by atoms with Gasteiger partial charge in [0, 0.05) is 6.07 Å². The summed E-state index contributed by atoms with van der Waals surface area (Å²) in [6, 6.07) is 4.15. The molecule has 130 valence electrons. The number of halogens is 8. The lowest BCUT2D eigenvalue weighted by atomic mass is 10.0. The molecule has 0 spiro atoms. The van der Waals surface area contributed by atoms with E-state index < -0.39 is 34.9 Å². The second-order valence-corrected chi connectivity index (χ2v) is 5.42. The average molecular weight is 390 g/mol. The van der Waals surface area contributed by atoms with Crippen LogP contribution in [0.3, 0.4) is 0 Å². The highest BCUT2D eigenvalue weighted by Gasteiger charge is 2.44. The van der Waals surface area contributed by atoms with Gasteiger partial charge in [-0.1, -0.05) is 23.2 Å². The van der Waals surface area contributed by atoms with Crippen molar-refractivity contribution >= 4 is 28.9 Å². The maximum Gasteiger partial charge on any atom is 0.417 e. The zero-order valence-corrected chi connectivity index (χ0v) is 12.9. The van der Waals surface area contributed by atoms with Crippen LogP contribution in [0.4, 0.5) is 32.0 Å². The van der Waals surface area contributed by atoms with Gasteiger partial charge in [-0.2, -0.15) is 26.3 Å². The summed E-state index contributed by atoms with van der Waals surface area (Å²) in [5, 5.41) is 0.219. The van der Waals surface area contributed by atoms with E-state index in [9.17, 15) is 26.3 Å². The Morgan fingerprint density at radius 1 is 0.792 bits per heavy atom. The first-order valence-electron chi connectivity index (χ1n) is 6.10. The van der Waals surface area contributed by atoms with Gasteiger partial charge >= 0.3 is 12.4 Å². The zero-order chi connectivity index (χ0) is 18.3. The van der Waals surface area contributed by atoms with Crippen LogP contribution in [0, 0.1) is 0 Å². The van der Waals surface area contributed by atoms with Gasteiger partial charge in [-0.05, 0) is 24.3 Å². The summed E-state index contributed by atoms with van der Waals surface area (Å²) in [6.45, 7) is 0. The predicted molar refractivity (Wildman–Crippen MR) is 77.4 cm³/mol. The normalized spacial score (nSPS) is 12.3. The summed E-state index contributed by atoms with van der Waals surface area (Å²) < 4.78 is 82.2. The van der Waals surface area contributed by atoms with Crippen molar-refractivity contribution in [1.82, 2.24) is 0 Å². The first kappa shape index (κ1) is 18.5. The summed E-state index contributed by atoms with van der Waals surface area (Å²) in [7, 11) is 0. The van der Waals surface area contributed by atoms with Gasteiger partial charge < -0.3 is 10.5 Å². The molecule has 0 saturated carbocycles. The van der Waals surface area contributed by atoms with Gasteiger partial charge in [-0.15, -0.1) is 0 Å². The second kappa shape index (κ2) is 6.25. The maximum absolute atomic E-state index is 12.9. The Morgan fingerprint density at radius 2 is 1.33 bits per heavy atom. The number of rotatable bonds is 2.